The molecule has 1 unspecified atom stereocenters. The highest BCUT2D eigenvalue weighted by molar-refractivity contribution is 6.31. The molecule has 2 aromatic carbocycles. The second-order valence-corrected chi connectivity index (χ2v) is 4.77. The van der Waals surface area contributed by atoms with Gasteiger partial charge in [0.05, 0.1) is 6.07 Å². The molecule has 0 aliphatic rings. The molecule has 0 radical (unpaired) electrons. The van der Waals surface area contributed by atoms with Gasteiger partial charge in [0.1, 0.15) is 6.04 Å². The van der Waals surface area contributed by atoms with Crippen LogP contribution in [0.25, 0.3) is 0 Å². The maximum absolute atomic E-state index is 12.2. The molecule has 20 heavy (non-hydrogen) atoms. The van der Waals surface area contributed by atoms with Crippen LogP contribution in [0.5, 0.6) is 0 Å². The normalized spacial score (nSPS) is 11.4. The molecular weight excluding hydrogens is 272 g/mol. The monoisotopic (exact) mass is 284 g/mol. The standard InChI is InChI=1S/C16H13ClN2O/c1-11-13(8-5-9-14(11)17)16(20)19-15(10-18)12-6-3-2-4-7-12/h2-9,15H,1H3,(H,19,20). The summed E-state index contributed by atoms with van der Waals surface area (Å²) in [6.45, 7) is 1.78. The smallest absolute Gasteiger partial charge is 0.252 e. The van der Waals surface area contributed by atoms with Crippen LogP contribution in [0, 0.1) is 18.3 Å². The second-order valence-electron chi connectivity index (χ2n) is 4.36. The molecule has 2 rings (SSSR count). The number of benzene rings is 2. The molecule has 0 saturated heterocycles. The third-order valence-corrected chi connectivity index (χ3v) is 3.46. The Balaban J connectivity index is 2.23. The van der Waals surface area contributed by atoms with Crippen molar-refractivity contribution in [3.8, 4) is 6.07 Å². The Hall–Kier alpha value is -2.31. The van der Waals surface area contributed by atoms with Crippen molar-refractivity contribution >= 4 is 17.5 Å². The highest BCUT2D eigenvalue weighted by Gasteiger charge is 2.16. The van der Waals surface area contributed by atoms with Crippen molar-refractivity contribution in [2.75, 3.05) is 0 Å². The lowest BCUT2D eigenvalue weighted by Crippen LogP contribution is -2.28. The van der Waals surface area contributed by atoms with E-state index in [1.165, 1.54) is 0 Å². The van der Waals surface area contributed by atoms with Gasteiger partial charge >= 0.3 is 0 Å². The number of carbonyl (C=O) groups is 1. The van der Waals surface area contributed by atoms with E-state index in [1.54, 1.807) is 37.3 Å². The van der Waals surface area contributed by atoms with E-state index in [-0.39, 0.29) is 5.91 Å². The number of nitrogens with one attached hydrogen (secondary N) is 1. The molecule has 2 aromatic rings. The van der Waals surface area contributed by atoms with Crippen molar-refractivity contribution < 1.29 is 4.79 Å². The van der Waals surface area contributed by atoms with Gasteiger partial charge in [-0.05, 0) is 30.2 Å². The van der Waals surface area contributed by atoms with Crippen LogP contribution in [0.2, 0.25) is 5.02 Å². The summed E-state index contributed by atoms with van der Waals surface area (Å²) in [5.41, 5.74) is 1.94. The maximum atomic E-state index is 12.2. The average molecular weight is 285 g/mol. The zero-order valence-electron chi connectivity index (χ0n) is 10.9. The highest BCUT2D eigenvalue weighted by Crippen LogP contribution is 2.20. The van der Waals surface area contributed by atoms with Crippen LogP contribution in [0.4, 0.5) is 0 Å². The minimum Gasteiger partial charge on any atom is -0.332 e. The third kappa shape index (κ3) is 2.98. The van der Waals surface area contributed by atoms with Gasteiger partial charge in [-0.15, -0.1) is 0 Å². The van der Waals surface area contributed by atoms with Crippen molar-refractivity contribution in [2.24, 2.45) is 0 Å². The molecule has 1 amide bonds. The molecule has 0 aliphatic heterocycles. The lowest BCUT2D eigenvalue weighted by atomic mass is 10.1. The van der Waals surface area contributed by atoms with Crippen LogP contribution in [0.15, 0.2) is 48.5 Å². The Morgan fingerprint density at radius 1 is 1.20 bits per heavy atom. The van der Waals surface area contributed by atoms with E-state index in [0.29, 0.717) is 16.1 Å². The number of amides is 1. The summed E-state index contributed by atoms with van der Waals surface area (Å²) in [4.78, 5) is 12.2. The van der Waals surface area contributed by atoms with Gasteiger partial charge in [-0.2, -0.15) is 5.26 Å². The lowest BCUT2D eigenvalue weighted by Gasteiger charge is -2.13. The number of carbonyl (C=O) groups excluding carboxylic acids is 1. The Kier molecular flexibility index (Phi) is 4.39. The summed E-state index contributed by atoms with van der Waals surface area (Å²) < 4.78 is 0. The quantitative estimate of drug-likeness (QED) is 0.935. The van der Waals surface area contributed by atoms with Gasteiger partial charge in [0, 0.05) is 10.6 Å². The molecule has 1 N–H and O–H groups in total. The van der Waals surface area contributed by atoms with Crippen LogP contribution < -0.4 is 5.32 Å². The van der Waals surface area contributed by atoms with Crippen LogP contribution >= 0.6 is 11.6 Å². The number of halogens is 1. The van der Waals surface area contributed by atoms with Crippen LogP contribution in [0.1, 0.15) is 27.5 Å². The number of nitrogens with zero attached hydrogens (tertiary/aromatic N) is 1. The third-order valence-electron chi connectivity index (χ3n) is 3.05. The van der Waals surface area contributed by atoms with Crippen LogP contribution in [-0.4, -0.2) is 5.91 Å². The highest BCUT2D eigenvalue weighted by atomic mass is 35.5. The average Bonchev–Trinajstić information content (AvgIpc) is 2.48. The zero-order chi connectivity index (χ0) is 14.5. The molecular formula is C16H13ClN2O. The summed E-state index contributed by atoms with van der Waals surface area (Å²) in [5, 5.41) is 12.5. The summed E-state index contributed by atoms with van der Waals surface area (Å²) in [5.74, 6) is -0.305. The van der Waals surface area contributed by atoms with Gasteiger partial charge in [0.15, 0.2) is 0 Å². The minimum atomic E-state index is -0.679. The Labute approximate surface area is 122 Å². The first-order chi connectivity index (χ1) is 9.63. The van der Waals surface area contributed by atoms with Crippen molar-refractivity contribution in [1.82, 2.24) is 5.32 Å². The molecule has 0 aromatic heterocycles. The molecule has 0 aliphatic carbocycles. The van der Waals surface area contributed by atoms with E-state index in [4.69, 9.17) is 11.6 Å². The summed E-state index contributed by atoms with van der Waals surface area (Å²) in [6, 6.07) is 15.7. The molecule has 1 atom stereocenters. The van der Waals surface area contributed by atoms with Gasteiger partial charge in [-0.3, -0.25) is 4.79 Å². The van der Waals surface area contributed by atoms with E-state index in [9.17, 15) is 10.1 Å². The summed E-state index contributed by atoms with van der Waals surface area (Å²) in [6.07, 6.45) is 0. The summed E-state index contributed by atoms with van der Waals surface area (Å²) in [7, 11) is 0. The molecule has 0 bridgehead atoms. The van der Waals surface area contributed by atoms with Crippen molar-refractivity contribution in [3.05, 3.63) is 70.2 Å². The number of hydrogen-bond acceptors (Lipinski definition) is 2. The van der Waals surface area contributed by atoms with E-state index < -0.39 is 6.04 Å². The fraction of sp³-hybridized carbons (Fsp3) is 0.125. The lowest BCUT2D eigenvalue weighted by molar-refractivity contribution is 0.0944. The van der Waals surface area contributed by atoms with Crippen molar-refractivity contribution in [1.29, 1.82) is 5.26 Å². The minimum absolute atomic E-state index is 0.305. The molecule has 0 fully saturated rings. The predicted octanol–water partition coefficient (Wildman–Crippen LogP) is 3.64. The summed E-state index contributed by atoms with van der Waals surface area (Å²) >= 11 is 6.00. The van der Waals surface area contributed by atoms with Gasteiger partial charge in [-0.1, -0.05) is 48.0 Å². The van der Waals surface area contributed by atoms with Gasteiger partial charge < -0.3 is 5.32 Å². The molecule has 0 spiro atoms. The number of nitriles is 1. The first-order valence-corrected chi connectivity index (χ1v) is 6.52. The number of rotatable bonds is 3. The molecule has 4 heteroatoms. The van der Waals surface area contributed by atoms with Gasteiger partial charge in [-0.25, -0.2) is 0 Å². The zero-order valence-corrected chi connectivity index (χ0v) is 11.7. The second kappa shape index (κ2) is 6.23. The van der Waals surface area contributed by atoms with E-state index in [0.717, 1.165) is 5.56 Å². The SMILES string of the molecule is Cc1c(Cl)cccc1C(=O)NC(C#N)c1ccccc1. The van der Waals surface area contributed by atoms with Crippen LogP contribution in [-0.2, 0) is 0 Å². The first-order valence-electron chi connectivity index (χ1n) is 6.14. The van der Waals surface area contributed by atoms with Crippen molar-refractivity contribution in [3.63, 3.8) is 0 Å². The Bertz CT molecular complexity index is 662. The predicted molar refractivity (Wildman–Crippen MR) is 78.5 cm³/mol. The van der Waals surface area contributed by atoms with Crippen molar-refractivity contribution in [2.45, 2.75) is 13.0 Å². The first kappa shape index (κ1) is 14.1. The van der Waals surface area contributed by atoms with Gasteiger partial charge in [0.25, 0.3) is 5.91 Å². The topological polar surface area (TPSA) is 52.9 Å². The largest absolute Gasteiger partial charge is 0.332 e. The van der Waals surface area contributed by atoms with Gasteiger partial charge in [0.2, 0.25) is 0 Å². The molecule has 3 nitrogen and oxygen atoms in total. The van der Waals surface area contributed by atoms with E-state index in [2.05, 4.69) is 11.4 Å². The van der Waals surface area contributed by atoms with E-state index in [1.807, 2.05) is 18.2 Å². The molecule has 0 heterocycles. The molecule has 100 valence electrons. The maximum Gasteiger partial charge on any atom is 0.252 e. The fourth-order valence-corrected chi connectivity index (χ4v) is 2.07. The number of hydrogen-bond donors (Lipinski definition) is 1. The Morgan fingerprint density at radius 3 is 2.55 bits per heavy atom. The fourth-order valence-electron chi connectivity index (χ4n) is 1.90. The van der Waals surface area contributed by atoms with Crippen LogP contribution in [0.3, 0.4) is 0 Å². The van der Waals surface area contributed by atoms with E-state index >= 15 is 0 Å². The Morgan fingerprint density at radius 2 is 1.90 bits per heavy atom. The molecule has 0 saturated carbocycles.